The summed E-state index contributed by atoms with van der Waals surface area (Å²) in [4.78, 5) is 28.5. The van der Waals surface area contributed by atoms with E-state index in [2.05, 4.69) is 35.3 Å². The van der Waals surface area contributed by atoms with Crippen LogP contribution in [-0.2, 0) is 25.5 Å². The quantitative estimate of drug-likeness (QED) is 0.273. The second-order valence-electron chi connectivity index (χ2n) is 11.7. The molecule has 0 aromatic heterocycles. The van der Waals surface area contributed by atoms with E-state index in [1.165, 1.54) is 39.2 Å². The zero-order valence-electron chi connectivity index (χ0n) is 25.7. The van der Waals surface area contributed by atoms with Crippen molar-refractivity contribution < 1.29 is 23.8 Å². The van der Waals surface area contributed by atoms with Crippen molar-refractivity contribution >= 4 is 23.6 Å². The molecule has 3 atom stereocenters. The summed E-state index contributed by atoms with van der Waals surface area (Å²) < 4.78 is 17.0. The summed E-state index contributed by atoms with van der Waals surface area (Å²) in [5.74, 6) is 0.741. The summed E-state index contributed by atoms with van der Waals surface area (Å²) >= 11 is 1.63. The molecular weight excluding hydrogens is 548 g/mol. The minimum absolute atomic E-state index is 0.186. The molecule has 2 aliphatic rings. The lowest BCUT2D eigenvalue weighted by molar-refractivity contribution is -0.142. The molecule has 1 aliphatic carbocycles. The molecule has 1 saturated carbocycles. The molecule has 7 nitrogen and oxygen atoms in total. The van der Waals surface area contributed by atoms with Crippen LogP contribution in [0.1, 0.15) is 66.4 Å². The van der Waals surface area contributed by atoms with Crippen molar-refractivity contribution in [3.8, 4) is 11.1 Å². The number of rotatable bonds is 14. The highest BCUT2D eigenvalue weighted by Crippen LogP contribution is 2.31. The number of esters is 1. The van der Waals surface area contributed by atoms with E-state index in [1.54, 1.807) is 18.9 Å². The predicted octanol–water partition coefficient (Wildman–Crippen LogP) is 5.87. The Balaban J connectivity index is 1.53. The molecule has 1 N–H and O–H groups in total. The minimum atomic E-state index is -0.690. The van der Waals surface area contributed by atoms with Gasteiger partial charge in [-0.05, 0) is 84.9 Å². The Hall–Kier alpha value is -2.39. The van der Waals surface area contributed by atoms with Crippen LogP contribution in [0, 0.1) is 12.8 Å². The number of benzene rings is 2. The summed E-state index contributed by atoms with van der Waals surface area (Å²) in [7, 11) is 3.15. The maximum Gasteiger partial charge on any atom is 0.328 e. The first-order valence-corrected chi connectivity index (χ1v) is 16.7. The minimum Gasteiger partial charge on any atom is -0.467 e. The van der Waals surface area contributed by atoms with Gasteiger partial charge in [0, 0.05) is 38.4 Å². The van der Waals surface area contributed by atoms with Crippen LogP contribution in [0.3, 0.4) is 0 Å². The van der Waals surface area contributed by atoms with Crippen molar-refractivity contribution in [1.29, 1.82) is 0 Å². The second kappa shape index (κ2) is 16.5. The van der Waals surface area contributed by atoms with Crippen LogP contribution >= 0.6 is 11.8 Å². The lowest BCUT2D eigenvalue weighted by atomic mass is 9.90. The molecule has 0 spiro atoms. The van der Waals surface area contributed by atoms with Gasteiger partial charge in [-0.2, -0.15) is 11.8 Å². The number of hydrogen-bond donors (Lipinski definition) is 1. The number of hydrogen-bond acceptors (Lipinski definition) is 7. The Labute approximate surface area is 256 Å². The number of carbonyl (C=O) groups excluding carboxylic acids is 2. The fourth-order valence-electron chi connectivity index (χ4n) is 6.28. The van der Waals surface area contributed by atoms with E-state index in [4.69, 9.17) is 14.2 Å². The van der Waals surface area contributed by atoms with Crippen molar-refractivity contribution in [1.82, 2.24) is 10.2 Å². The molecule has 1 saturated heterocycles. The molecule has 4 rings (SSSR count). The van der Waals surface area contributed by atoms with Gasteiger partial charge in [0.15, 0.2) is 0 Å². The topological polar surface area (TPSA) is 77.1 Å². The summed E-state index contributed by atoms with van der Waals surface area (Å²) in [5.41, 5.74) is 4.64. The Bertz CT molecular complexity index is 1170. The van der Waals surface area contributed by atoms with Gasteiger partial charge in [-0.3, -0.25) is 9.69 Å². The third kappa shape index (κ3) is 8.82. The fraction of sp³-hybridized carbons (Fsp3) is 0.588. The average molecular weight is 597 g/mol. The number of aryl methyl sites for hydroxylation is 1. The first-order valence-electron chi connectivity index (χ1n) is 15.3. The zero-order chi connectivity index (χ0) is 29.9. The number of likely N-dealkylation sites (tertiary alicyclic amines) is 1. The van der Waals surface area contributed by atoms with E-state index < -0.39 is 12.0 Å². The van der Waals surface area contributed by atoms with E-state index >= 15 is 0 Å². The van der Waals surface area contributed by atoms with Crippen LogP contribution in [0.4, 0.5) is 0 Å². The van der Waals surface area contributed by atoms with Gasteiger partial charge >= 0.3 is 5.97 Å². The fourth-order valence-corrected chi connectivity index (χ4v) is 6.75. The predicted molar refractivity (Wildman–Crippen MR) is 170 cm³/mol. The number of amides is 1. The normalized spacial score (nSPS) is 20.4. The van der Waals surface area contributed by atoms with Gasteiger partial charge in [0.05, 0.1) is 19.8 Å². The summed E-state index contributed by atoms with van der Waals surface area (Å²) in [6.45, 7) is 5.23. The number of methoxy groups -OCH3 is 2. The molecule has 0 radical (unpaired) electrons. The number of ether oxygens (including phenoxy) is 3. The number of thioether (sulfide) groups is 1. The van der Waals surface area contributed by atoms with Crippen molar-refractivity contribution in [3.63, 3.8) is 0 Å². The Kier molecular flexibility index (Phi) is 12.7. The molecule has 1 heterocycles. The van der Waals surface area contributed by atoms with Crippen LogP contribution in [0.15, 0.2) is 42.5 Å². The number of nitrogens with one attached hydrogen (secondary N) is 1. The van der Waals surface area contributed by atoms with E-state index in [0.717, 1.165) is 54.1 Å². The van der Waals surface area contributed by atoms with Gasteiger partial charge in [-0.15, -0.1) is 0 Å². The molecule has 0 unspecified atom stereocenters. The molecule has 2 aromatic carbocycles. The van der Waals surface area contributed by atoms with Crippen LogP contribution in [0.5, 0.6) is 0 Å². The van der Waals surface area contributed by atoms with Gasteiger partial charge in [0.2, 0.25) is 0 Å². The Morgan fingerprint density at radius 2 is 1.83 bits per heavy atom. The Morgan fingerprint density at radius 3 is 2.55 bits per heavy atom. The molecule has 42 heavy (non-hydrogen) atoms. The maximum atomic E-state index is 13.6. The van der Waals surface area contributed by atoms with E-state index in [1.807, 2.05) is 30.5 Å². The van der Waals surface area contributed by atoms with Crippen molar-refractivity contribution in [2.75, 3.05) is 46.0 Å². The lowest BCUT2D eigenvalue weighted by Crippen LogP contribution is -2.42. The van der Waals surface area contributed by atoms with Crippen LogP contribution in [-0.4, -0.2) is 81.0 Å². The molecule has 2 fully saturated rings. The third-order valence-corrected chi connectivity index (χ3v) is 9.41. The van der Waals surface area contributed by atoms with Gasteiger partial charge in [-0.25, -0.2) is 4.79 Å². The Morgan fingerprint density at radius 1 is 1.05 bits per heavy atom. The molecule has 8 heteroatoms. The van der Waals surface area contributed by atoms with E-state index in [9.17, 15) is 9.59 Å². The maximum absolute atomic E-state index is 13.6. The third-order valence-electron chi connectivity index (χ3n) is 8.76. The number of carbonyl (C=O) groups is 2. The van der Waals surface area contributed by atoms with Gasteiger partial charge in [0.25, 0.3) is 5.91 Å². The van der Waals surface area contributed by atoms with Gasteiger partial charge in [-0.1, -0.05) is 49.6 Å². The lowest BCUT2D eigenvalue weighted by Gasteiger charge is -2.26. The molecule has 1 aliphatic heterocycles. The number of nitrogens with zero attached hydrogens (tertiary/aromatic N) is 1. The highest BCUT2D eigenvalue weighted by atomic mass is 32.2. The zero-order valence-corrected chi connectivity index (χ0v) is 26.5. The van der Waals surface area contributed by atoms with Gasteiger partial charge in [0.1, 0.15) is 6.04 Å². The van der Waals surface area contributed by atoms with E-state index in [-0.39, 0.29) is 12.0 Å². The largest absolute Gasteiger partial charge is 0.467 e. The molecular formula is C34H48N2O5S. The molecule has 230 valence electrons. The first-order chi connectivity index (χ1) is 20.4. The van der Waals surface area contributed by atoms with Crippen LogP contribution < -0.4 is 5.32 Å². The SMILES string of the molecule is COC(=O)[C@H](CCSC)NC(=O)c1ccc(CN2C[C@@H](OC)C[C@H]2COCC2CCCCC2)cc1-c1ccccc1C. The van der Waals surface area contributed by atoms with Crippen LogP contribution in [0.2, 0.25) is 0 Å². The van der Waals surface area contributed by atoms with Gasteiger partial charge < -0.3 is 19.5 Å². The summed E-state index contributed by atoms with van der Waals surface area (Å²) in [6.07, 6.45) is 10.2. The molecule has 2 aromatic rings. The second-order valence-corrected chi connectivity index (χ2v) is 12.7. The highest BCUT2D eigenvalue weighted by Gasteiger charge is 2.33. The van der Waals surface area contributed by atoms with E-state index in [0.29, 0.717) is 30.6 Å². The average Bonchev–Trinajstić information content (AvgIpc) is 3.40. The summed E-state index contributed by atoms with van der Waals surface area (Å²) in [5, 5.41) is 2.94. The highest BCUT2D eigenvalue weighted by molar-refractivity contribution is 7.98. The van der Waals surface area contributed by atoms with Crippen LogP contribution in [0.25, 0.3) is 11.1 Å². The monoisotopic (exact) mass is 596 g/mol. The summed E-state index contributed by atoms with van der Waals surface area (Å²) in [6, 6.07) is 13.8. The molecule has 0 bridgehead atoms. The van der Waals surface area contributed by atoms with Crippen molar-refractivity contribution in [2.45, 2.75) is 76.6 Å². The standard InChI is InChI=1S/C34H48N2O5S/c1-24-10-8-9-13-29(24)31-18-26(14-15-30(31)33(37)35-32(16-17-42-4)34(38)40-3)20-36-21-28(39-2)19-27(36)23-41-22-25-11-6-5-7-12-25/h8-10,13-15,18,25,27-28,32H,5-7,11-12,16-17,19-23H2,1-4H3,(H,35,37)/t27-,28-,32-/m0/s1. The van der Waals surface area contributed by atoms with Crippen molar-refractivity contribution in [3.05, 3.63) is 59.2 Å². The first kappa shape index (κ1) is 32.5. The smallest absolute Gasteiger partial charge is 0.328 e. The van der Waals surface area contributed by atoms with Crippen molar-refractivity contribution in [2.24, 2.45) is 5.92 Å². The molecule has 1 amide bonds.